The number of carbonyl (C=O) groups excluding carboxylic acids is 1. The van der Waals surface area contributed by atoms with Crippen molar-refractivity contribution in [2.45, 2.75) is 33.6 Å². The predicted molar refractivity (Wildman–Crippen MR) is 39.6 cm³/mol. The molecule has 11 heavy (non-hydrogen) atoms. The van der Waals surface area contributed by atoms with Crippen molar-refractivity contribution in [3.63, 3.8) is 0 Å². The summed E-state index contributed by atoms with van der Waals surface area (Å²) < 4.78 is 25.7. The van der Waals surface area contributed by atoms with Crippen molar-refractivity contribution in [1.29, 1.82) is 0 Å². The highest BCUT2D eigenvalue weighted by Crippen LogP contribution is 2.30. The van der Waals surface area contributed by atoms with Gasteiger partial charge in [-0.15, -0.1) is 0 Å². The van der Waals surface area contributed by atoms with E-state index in [0.717, 1.165) is 6.92 Å². The molecule has 0 bridgehead atoms. The first-order valence-corrected chi connectivity index (χ1v) is 3.69. The molecule has 0 fully saturated rings. The van der Waals surface area contributed by atoms with Gasteiger partial charge in [0, 0.05) is 12.8 Å². The van der Waals surface area contributed by atoms with Gasteiger partial charge in [-0.05, 0) is 5.92 Å². The van der Waals surface area contributed by atoms with E-state index in [1.54, 1.807) is 13.8 Å². The van der Waals surface area contributed by atoms with Gasteiger partial charge in [-0.3, -0.25) is 4.79 Å². The maximum Gasteiger partial charge on any atom is 0.307 e. The third kappa shape index (κ3) is 2.24. The summed E-state index contributed by atoms with van der Waals surface area (Å²) in [6, 6.07) is 0. The van der Waals surface area contributed by atoms with Gasteiger partial charge in [0.2, 0.25) is 0 Å². The van der Waals surface area contributed by atoms with Gasteiger partial charge in [-0.1, -0.05) is 20.8 Å². The van der Waals surface area contributed by atoms with Crippen molar-refractivity contribution in [3.8, 4) is 0 Å². The molecule has 0 unspecified atom stereocenters. The minimum atomic E-state index is -3.16. The molecule has 0 radical (unpaired) electrons. The summed E-state index contributed by atoms with van der Waals surface area (Å²) in [7, 11) is 0. The van der Waals surface area contributed by atoms with Crippen LogP contribution in [0.2, 0.25) is 0 Å². The summed E-state index contributed by atoms with van der Waals surface area (Å²) in [5, 5.41) is 0. The molecule has 3 heteroatoms. The third-order valence-electron chi connectivity index (χ3n) is 2.04. The van der Waals surface area contributed by atoms with E-state index in [-0.39, 0.29) is 5.92 Å². The second kappa shape index (κ2) is 3.28. The van der Waals surface area contributed by atoms with Crippen LogP contribution in [0.3, 0.4) is 0 Å². The molecular weight excluding hydrogens is 150 g/mol. The lowest BCUT2D eigenvalue weighted by molar-refractivity contribution is -0.150. The van der Waals surface area contributed by atoms with Crippen LogP contribution >= 0.6 is 0 Å². The summed E-state index contributed by atoms with van der Waals surface area (Å²) in [5.41, 5.74) is 0. The summed E-state index contributed by atoms with van der Waals surface area (Å²) in [5.74, 6) is -5.25. The standard InChI is InChI=1S/C8H14F2O/c1-5(2)6(3)8(9,10)7(4)11/h5-6H,1-4H3/t6-/m1/s1. The van der Waals surface area contributed by atoms with E-state index < -0.39 is 17.6 Å². The molecule has 66 valence electrons. The highest BCUT2D eigenvalue weighted by molar-refractivity contribution is 5.83. The smallest absolute Gasteiger partial charge is 0.293 e. The zero-order chi connectivity index (χ0) is 9.23. The fraction of sp³-hybridized carbons (Fsp3) is 0.875. The molecule has 0 rings (SSSR count). The number of rotatable bonds is 3. The van der Waals surface area contributed by atoms with Crippen LogP contribution in [-0.2, 0) is 4.79 Å². The van der Waals surface area contributed by atoms with Crippen molar-refractivity contribution in [1.82, 2.24) is 0 Å². The van der Waals surface area contributed by atoms with E-state index in [4.69, 9.17) is 0 Å². The second-order valence-corrected chi connectivity index (χ2v) is 3.21. The van der Waals surface area contributed by atoms with Crippen LogP contribution in [0.4, 0.5) is 8.78 Å². The highest BCUT2D eigenvalue weighted by atomic mass is 19.3. The van der Waals surface area contributed by atoms with Gasteiger partial charge in [-0.2, -0.15) is 8.78 Å². The minimum Gasteiger partial charge on any atom is -0.293 e. The van der Waals surface area contributed by atoms with Crippen molar-refractivity contribution < 1.29 is 13.6 Å². The lowest BCUT2D eigenvalue weighted by Crippen LogP contribution is -2.36. The molecule has 0 saturated carbocycles. The van der Waals surface area contributed by atoms with Crippen LogP contribution in [0, 0.1) is 11.8 Å². The molecular formula is C8H14F2O. The van der Waals surface area contributed by atoms with E-state index in [1.807, 2.05) is 0 Å². The molecule has 0 N–H and O–H groups in total. The molecule has 0 aliphatic carbocycles. The molecule has 0 aromatic rings. The summed E-state index contributed by atoms with van der Waals surface area (Å²) in [4.78, 5) is 10.5. The predicted octanol–water partition coefficient (Wildman–Crippen LogP) is 2.50. The Balaban J connectivity index is 4.42. The monoisotopic (exact) mass is 164 g/mol. The highest BCUT2D eigenvalue weighted by Gasteiger charge is 2.42. The first-order chi connectivity index (χ1) is 4.80. The van der Waals surface area contributed by atoms with Crippen LogP contribution in [-0.4, -0.2) is 11.7 Å². The molecule has 0 amide bonds. The van der Waals surface area contributed by atoms with E-state index in [2.05, 4.69) is 0 Å². The number of carbonyl (C=O) groups is 1. The SMILES string of the molecule is CC(=O)C(F)(F)[C@H](C)C(C)C. The number of alkyl halides is 2. The lowest BCUT2D eigenvalue weighted by atomic mass is 9.89. The average Bonchev–Trinajstić information content (AvgIpc) is 1.85. The van der Waals surface area contributed by atoms with Gasteiger partial charge < -0.3 is 0 Å². The van der Waals surface area contributed by atoms with E-state index >= 15 is 0 Å². The normalized spacial score (nSPS) is 15.2. The van der Waals surface area contributed by atoms with Gasteiger partial charge in [0.1, 0.15) is 0 Å². The maximum atomic E-state index is 12.8. The average molecular weight is 164 g/mol. The van der Waals surface area contributed by atoms with Gasteiger partial charge in [0.05, 0.1) is 0 Å². The Morgan fingerprint density at radius 2 is 1.64 bits per heavy atom. The first-order valence-electron chi connectivity index (χ1n) is 3.69. The van der Waals surface area contributed by atoms with Crippen LogP contribution in [0.1, 0.15) is 27.7 Å². The zero-order valence-corrected chi connectivity index (χ0v) is 7.32. The van der Waals surface area contributed by atoms with Gasteiger partial charge in [-0.25, -0.2) is 0 Å². The van der Waals surface area contributed by atoms with Gasteiger partial charge >= 0.3 is 5.92 Å². The lowest BCUT2D eigenvalue weighted by Gasteiger charge is -2.23. The Morgan fingerprint density at radius 3 is 1.73 bits per heavy atom. The van der Waals surface area contributed by atoms with Crippen LogP contribution < -0.4 is 0 Å². The Bertz CT molecular complexity index is 152. The van der Waals surface area contributed by atoms with Crippen molar-refractivity contribution in [2.24, 2.45) is 11.8 Å². The van der Waals surface area contributed by atoms with E-state index in [1.165, 1.54) is 6.92 Å². The van der Waals surface area contributed by atoms with Gasteiger partial charge in [0.25, 0.3) is 0 Å². The number of ketones is 1. The molecule has 0 saturated heterocycles. The summed E-state index contributed by atoms with van der Waals surface area (Å²) >= 11 is 0. The topological polar surface area (TPSA) is 17.1 Å². The van der Waals surface area contributed by atoms with Crippen molar-refractivity contribution in [2.75, 3.05) is 0 Å². The van der Waals surface area contributed by atoms with E-state index in [9.17, 15) is 13.6 Å². The fourth-order valence-corrected chi connectivity index (χ4v) is 0.739. The molecule has 1 atom stereocenters. The number of Topliss-reactive ketones (excluding diaryl/α,β-unsaturated/α-hetero) is 1. The molecule has 0 spiro atoms. The van der Waals surface area contributed by atoms with Crippen LogP contribution in [0.25, 0.3) is 0 Å². The molecule has 0 aromatic carbocycles. The quantitative estimate of drug-likeness (QED) is 0.626. The van der Waals surface area contributed by atoms with E-state index in [0.29, 0.717) is 0 Å². The summed E-state index contributed by atoms with van der Waals surface area (Å²) in [6.07, 6.45) is 0. The zero-order valence-electron chi connectivity index (χ0n) is 7.32. The molecule has 0 aliphatic heterocycles. The number of hydrogen-bond acceptors (Lipinski definition) is 1. The second-order valence-electron chi connectivity index (χ2n) is 3.21. The minimum absolute atomic E-state index is 0.172. The van der Waals surface area contributed by atoms with Crippen molar-refractivity contribution >= 4 is 5.78 Å². The molecule has 1 nitrogen and oxygen atoms in total. The molecule has 0 aliphatic rings. The largest absolute Gasteiger partial charge is 0.307 e. The molecule has 0 aromatic heterocycles. The Kier molecular flexibility index (Phi) is 3.14. The van der Waals surface area contributed by atoms with Crippen LogP contribution in [0.5, 0.6) is 0 Å². The van der Waals surface area contributed by atoms with Crippen molar-refractivity contribution in [3.05, 3.63) is 0 Å². The molecule has 0 heterocycles. The summed E-state index contributed by atoms with van der Waals surface area (Å²) in [6.45, 7) is 5.69. The van der Waals surface area contributed by atoms with Gasteiger partial charge in [0.15, 0.2) is 5.78 Å². The first kappa shape index (κ1) is 10.5. The third-order valence-corrected chi connectivity index (χ3v) is 2.04. The Labute approximate surface area is 65.8 Å². The Hall–Kier alpha value is -0.470. The van der Waals surface area contributed by atoms with Crippen LogP contribution in [0.15, 0.2) is 0 Å². The fourth-order valence-electron chi connectivity index (χ4n) is 0.739. The number of hydrogen-bond donors (Lipinski definition) is 0. The maximum absolute atomic E-state index is 12.8. The number of halogens is 2. The Morgan fingerprint density at radius 1 is 1.27 bits per heavy atom.